The van der Waals surface area contributed by atoms with Gasteiger partial charge in [-0.2, -0.15) is 0 Å². The topological polar surface area (TPSA) is 91.9 Å². The van der Waals surface area contributed by atoms with Crippen LogP contribution >= 0.6 is 11.6 Å². The monoisotopic (exact) mass is 477 g/mol. The standard InChI is InChI=1S/C22H25ClFN5O2S/c1-3-4-12-29(32(30,31)17-8-6-5-7-9-17)21-14-20(24)19(23)13-18(21)22-27-26-15-28(22)16(2)10-11-25/h5-9,11,13-16,25H,3-4,10,12H2,1-2H3. The van der Waals surface area contributed by atoms with Crippen molar-refractivity contribution in [1.82, 2.24) is 14.8 Å². The molecule has 32 heavy (non-hydrogen) atoms. The van der Waals surface area contributed by atoms with E-state index in [4.69, 9.17) is 17.0 Å². The van der Waals surface area contributed by atoms with E-state index >= 15 is 0 Å². The van der Waals surface area contributed by atoms with Gasteiger partial charge in [-0.1, -0.05) is 43.1 Å². The Morgan fingerprint density at radius 3 is 2.66 bits per heavy atom. The van der Waals surface area contributed by atoms with Crippen LogP contribution in [0.4, 0.5) is 10.1 Å². The third-order valence-corrected chi connectivity index (χ3v) is 7.22. The van der Waals surface area contributed by atoms with Crippen molar-refractivity contribution in [3.05, 3.63) is 59.6 Å². The molecule has 170 valence electrons. The van der Waals surface area contributed by atoms with Crippen molar-refractivity contribution in [2.45, 2.75) is 44.0 Å². The van der Waals surface area contributed by atoms with E-state index in [0.717, 1.165) is 12.5 Å². The van der Waals surface area contributed by atoms with Crippen LogP contribution in [-0.2, 0) is 10.0 Å². The maximum absolute atomic E-state index is 14.6. The summed E-state index contributed by atoms with van der Waals surface area (Å²) in [5.74, 6) is -0.380. The molecule has 1 heterocycles. The summed E-state index contributed by atoms with van der Waals surface area (Å²) in [6, 6.07) is 10.4. The molecule has 0 saturated carbocycles. The first kappa shape index (κ1) is 23.9. The minimum absolute atomic E-state index is 0.107. The fourth-order valence-electron chi connectivity index (χ4n) is 3.36. The molecule has 2 aromatic carbocycles. The third-order valence-electron chi connectivity index (χ3n) is 5.10. The van der Waals surface area contributed by atoms with E-state index < -0.39 is 15.8 Å². The van der Waals surface area contributed by atoms with Gasteiger partial charge in [-0.15, -0.1) is 10.2 Å². The highest BCUT2D eigenvalue weighted by Crippen LogP contribution is 2.38. The number of sulfonamides is 1. The van der Waals surface area contributed by atoms with Crippen molar-refractivity contribution in [1.29, 1.82) is 5.41 Å². The Bertz CT molecular complexity index is 1180. The lowest BCUT2D eigenvalue weighted by atomic mass is 10.1. The van der Waals surface area contributed by atoms with Crippen LogP contribution < -0.4 is 4.31 Å². The summed E-state index contributed by atoms with van der Waals surface area (Å²) < 4.78 is 44.7. The number of benzene rings is 2. The zero-order valence-corrected chi connectivity index (χ0v) is 19.4. The highest BCUT2D eigenvalue weighted by atomic mass is 35.5. The lowest BCUT2D eigenvalue weighted by Crippen LogP contribution is -2.32. The smallest absolute Gasteiger partial charge is 0.264 e. The normalized spacial score (nSPS) is 12.5. The second-order valence-corrected chi connectivity index (χ2v) is 9.65. The van der Waals surface area contributed by atoms with Crippen LogP contribution in [0.2, 0.25) is 5.02 Å². The fraction of sp³-hybridized carbons (Fsp3) is 0.318. The van der Waals surface area contributed by atoms with Gasteiger partial charge in [0.2, 0.25) is 0 Å². The molecule has 0 bridgehead atoms. The van der Waals surface area contributed by atoms with Gasteiger partial charge in [0.1, 0.15) is 12.1 Å². The van der Waals surface area contributed by atoms with Crippen LogP contribution in [0.15, 0.2) is 53.7 Å². The van der Waals surface area contributed by atoms with Gasteiger partial charge >= 0.3 is 0 Å². The van der Waals surface area contributed by atoms with E-state index in [0.29, 0.717) is 24.2 Å². The number of unbranched alkanes of at least 4 members (excludes halogenated alkanes) is 1. The van der Waals surface area contributed by atoms with Gasteiger partial charge in [0, 0.05) is 30.6 Å². The minimum atomic E-state index is -3.98. The second kappa shape index (κ2) is 10.2. The summed E-state index contributed by atoms with van der Waals surface area (Å²) in [7, 11) is -3.98. The first-order chi connectivity index (χ1) is 15.3. The molecule has 1 aromatic heterocycles. The molecule has 0 radical (unpaired) electrons. The number of anilines is 1. The number of rotatable bonds is 10. The first-order valence-corrected chi connectivity index (χ1v) is 12.1. The average molecular weight is 478 g/mol. The molecule has 1 unspecified atom stereocenters. The zero-order valence-electron chi connectivity index (χ0n) is 17.9. The third kappa shape index (κ3) is 4.83. The molecule has 0 aliphatic heterocycles. The number of nitrogens with one attached hydrogen (secondary N) is 1. The predicted octanol–water partition coefficient (Wildman–Crippen LogP) is 5.33. The lowest BCUT2D eigenvalue weighted by Gasteiger charge is -2.27. The molecule has 3 aromatic rings. The van der Waals surface area contributed by atoms with Gasteiger partial charge in [0.15, 0.2) is 5.82 Å². The molecule has 0 fully saturated rings. The quantitative estimate of drug-likeness (QED) is 0.399. The number of halogens is 2. The Morgan fingerprint density at radius 1 is 1.28 bits per heavy atom. The first-order valence-electron chi connectivity index (χ1n) is 10.3. The van der Waals surface area contributed by atoms with Gasteiger partial charge in [-0.3, -0.25) is 4.31 Å². The molecule has 0 amide bonds. The minimum Gasteiger partial charge on any atom is -0.313 e. The van der Waals surface area contributed by atoms with Crippen LogP contribution in [0.5, 0.6) is 0 Å². The Morgan fingerprint density at radius 2 is 2.00 bits per heavy atom. The van der Waals surface area contributed by atoms with Gasteiger partial charge in [-0.25, -0.2) is 12.8 Å². The average Bonchev–Trinajstić information content (AvgIpc) is 3.27. The van der Waals surface area contributed by atoms with Crippen LogP contribution in [0.3, 0.4) is 0 Å². The molecule has 1 N–H and O–H groups in total. The van der Waals surface area contributed by atoms with Crippen LogP contribution in [-0.4, -0.2) is 35.9 Å². The fourth-order valence-corrected chi connectivity index (χ4v) is 5.05. The molecule has 10 heteroatoms. The Hall–Kier alpha value is -2.78. The van der Waals surface area contributed by atoms with Crippen molar-refractivity contribution in [2.24, 2.45) is 0 Å². The number of hydrogen-bond acceptors (Lipinski definition) is 5. The van der Waals surface area contributed by atoms with Crippen molar-refractivity contribution in [2.75, 3.05) is 10.8 Å². The summed E-state index contributed by atoms with van der Waals surface area (Å²) in [6.07, 6.45) is 4.54. The van der Waals surface area contributed by atoms with E-state index in [1.54, 1.807) is 22.8 Å². The van der Waals surface area contributed by atoms with E-state index in [-0.39, 0.29) is 28.2 Å². The maximum atomic E-state index is 14.6. The van der Waals surface area contributed by atoms with Gasteiger partial charge < -0.3 is 9.98 Å². The van der Waals surface area contributed by atoms with E-state index in [2.05, 4.69) is 10.2 Å². The van der Waals surface area contributed by atoms with Crippen molar-refractivity contribution in [3.63, 3.8) is 0 Å². The van der Waals surface area contributed by atoms with Crippen molar-refractivity contribution >= 4 is 33.5 Å². The molecule has 0 aliphatic rings. The van der Waals surface area contributed by atoms with E-state index in [1.807, 2.05) is 13.8 Å². The molecular formula is C22H25ClFN5O2S. The Labute approximate surface area is 192 Å². The summed E-state index contributed by atoms with van der Waals surface area (Å²) in [5.41, 5.74) is 0.488. The zero-order chi connectivity index (χ0) is 23.3. The molecule has 7 nitrogen and oxygen atoms in total. The maximum Gasteiger partial charge on any atom is 0.264 e. The molecule has 0 spiro atoms. The Balaban J connectivity index is 2.24. The number of nitrogens with zero attached hydrogens (tertiary/aromatic N) is 4. The van der Waals surface area contributed by atoms with Gasteiger partial charge in [0.05, 0.1) is 15.6 Å². The Kier molecular flexibility index (Phi) is 7.63. The predicted molar refractivity (Wildman–Crippen MR) is 124 cm³/mol. The molecule has 0 aliphatic carbocycles. The van der Waals surface area contributed by atoms with Gasteiger partial charge in [-0.05, 0) is 37.8 Å². The summed E-state index contributed by atoms with van der Waals surface area (Å²) in [6.45, 7) is 4.00. The second-order valence-electron chi connectivity index (χ2n) is 7.38. The molecule has 3 rings (SSSR count). The summed E-state index contributed by atoms with van der Waals surface area (Å²) in [4.78, 5) is 0.107. The largest absolute Gasteiger partial charge is 0.313 e. The summed E-state index contributed by atoms with van der Waals surface area (Å²) in [5, 5.41) is 15.4. The van der Waals surface area contributed by atoms with Crippen LogP contribution in [0.1, 0.15) is 39.2 Å². The van der Waals surface area contributed by atoms with Crippen LogP contribution in [0.25, 0.3) is 11.4 Å². The lowest BCUT2D eigenvalue weighted by molar-refractivity contribution is 0.574. The number of hydrogen-bond donors (Lipinski definition) is 1. The van der Waals surface area contributed by atoms with Crippen molar-refractivity contribution < 1.29 is 12.8 Å². The molecule has 1 atom stereocenters. The number of aromatic nitrogens is 3. The molecule has 0 saturated heterocycles. The SMILES string of the molecule is CCCCN(c1cc(F)c(Cl)cc1-c1nncn1C(C)CC=N)S(=O)(=O)c1ccccc1. The van der Waals surface area contributed by atoms with E-state index in [9.17, 15) is 12.8 Å². The van der Waals surface area contributed by atoms with E-state index in [1.165, 1.54) is 35.0 Å². The van der Waals surface area contributed by atoms with Crippen LogP contribution in [0, 0.1) is 11.2 Å². The highest BCUT2D eigenvalue weighted by Gasteiger charge is 2.29. The molecular weight excluding hydrogens is 453 g/mol. The van der Waals surface area contributed by atoms with Crippen molar-refractivity contribution in [3.8, 4) is 11.4 Å². The summed E-state index contributed by atoms with van der Waals surface area (Å²) >= 11 is 6.10. The highest BCUT2D eigenvalue weighted by molar-refractivity contribution is 7.92. The van der Waals surface area contributed by atoms with Gasteiger partial charge in [0.25, 0.3) is 10.0 Å².